The van der Waals surface area contributed by atoms with E-state index in [9.17, 15) is 9.59 Å². The van der Waals surface area contributed by atoms with Crippen LogP contribution in [0.4, 0.5) is 5.69 Å². The summed E-state index contributed by atoms with van der Waals surface area (Å²) in [6.45, 7) is 4.15. The molecule has 0 aliphatic carbocycles. The van der Waals surface area contributed by atoms with Crippen LogP contribution in [0, 0.1) is 6.92 Å². The van der Waals surface area contributed by atoms with E-state index in [-0.39, 0.29) is 11.5 Å². The minimum Gasteiger partial charge on any atom is -0.322 e. The van der Waals surface area contributed by atoms with Crippen LogP contribution in [0.25, 0.3) is 31.8 Å². The lowest BCUT2D eigenvalue weighted by molar-refractivity contribution is 0.102. The summed E-state index contributed by atoms with van der Waals surface area (Å²) >= 11 is 1.62. The molecule has 0 atom stereocenters. The Morgan fingerprint density at radius 2 is 1.84 bits per heavy atom. The third-order valence-corrected chi connectivity index (χ3v) is 6.43. The standard InChI is InChI=1S/C25H20N4O2S/c1-3-29-21-12-11-16(14-20(21)26-15(2)25(29)31)23(30)27-18-8-6-7-17(13-18)24-28-19-9-4-5-10-22(19)32-24/h4-14H,3H2,1-2H3,(H,27,30). The average Bonchev–Trinajstić information content (AvgIpc) is 3.24. The van der Waals surface area contributed by atoms with Crippen molar-refractivity contribution in [1.29, 1.82) is 0 Å². The number of carbonyl (C=O) groups is 1. The van der Waals surface area contributed by atoms with Gasteiger partial charge in [0.05, 0.1) is 21.3 Å². The summed E-state index contributed by atoms with van der Waals surface area (Å²) in [5.41, 5.74) is 4.74. The van der Waals surface area contributed by atoms with Gasteiger partial charge in [-0.15, -0.1) is 11.3 Å². The summed E-state index contributed by atoms with van der Waals surface area (Å²) in [4.78, 5) is 34.3. The Bertz CT molecular complexity index is 1520. The summed E-state index contributed by atoms with van der Waals surface area (Å²) in [5.74, 6) is -0.234. The van der Waals surface area contributed by atoms with Crippen LogP contribution in [-0.4, -0.2) is 20.4 Å². The highest BCUT2D eigenvalue weighted by molar-refractivity contribution is 7.21. The summed E-state index contributed by atoms with van der Waals surface area (Å²) in [6, 6.07) is 20.9. The number of rotatable bonds is 4. The molecule has 0 unspecified atom stereocenters. The van der Waals surface area contributed by atoms with Gasteiger partial charge in [-0.25, -0.2) is 9.97 Å². The molecule has 158 valence electrons. The normalized spacial score (nSPS) is 11.2. The van der Waals surface area contributed by atoms with Crippen LogP contribution in [0.2, 0.25) is 0 Å². The number of hydrogen-bond acceptors (Lipinski definition) is 5. The molecule has 5 aromatic rings. The van der Waals surface area contributed by atoms with Crippen LogP contribution < -0.4 is 10.9 Å². The number of benzene rings is 3. The van der Waals surface area contributed by atoms with Crippen LogP contribution in [0.15, 0.2) is 71.5 Å². The van der Waals surface area contributed by atoms with Crippen molar-refractivity contribution in [2.24, 2.45) is 0 Å². The Morgan fingerprint density at radius 1 is 1.00 bits per heavy atom. The van der Waals surface area contributed by atoms with E-state index < -0.39 is 0 Å². The highest BCUT2D eigenvalue weighted by Gasteiger charge is 2.13. The molecule has 0 spiro atoms. The van der Waals surface area contributed by atoms with Crippen LogP contribution in [0.3, 0.4) is 0 Å². The number of hydrogen-bond donors (Lipinski definition) is 1. The maximum Gasteiger partial charge on any atom is 0.272 e. The number of para-hydroxylation sites is 1. The van der Waals surface area contributed by atoms with Crippen LogP contribution in [-0.2, 0) is 6.54 Å². The lowest BCUT2D eigenvalue weighted by Crippen LogP contribution is -2.23. The molecule has 3 aromatic carbocycles. The van der Waals surface area contributed by atoms with Gasteiger partial charge in [0.25, 0.3) is 11.5 Å². The van der Waals surface area contributed by atoms with Gasteiger partial charge in [-0.2, -0.15) is 0 Å². The number of amides is 1. The number of aromatic nitrogens is 3. The van der Waals surface area contributed by atoms with Crippen molar-refractivity contribution in [3.8, 4) is 10.6 Å². The molecule has 32 heavy (non-hydrogen) atoms. The fourth-order valence-electron chi connectivity index (χ4n) is 3.76. The number of fused-ring (bicyclic) bond motifs is 2. The molecular weight excluding hydrogens is 420 g/mol. The van der Waals surface area contributed by atoms with Crippen LogP contribution in [0.1, 0.15) is 23.0 Å². The second kappa shape index (κ2) is 8.01. The topological polar surface area (TPSA) is 76.9 Å². The second-order valence-corrected chi connectivity index (χ2v) is 8.50. The molecule has 5 rings (SSSR count). The van der Waals surface area contributed by atoms with Gasteiger partial charge in [0, 0.05) is 23.4 Å². The highest BCUT2D eigenvalue weighted by atomic mass is 32.1. The predicted octanol–water partition coefficient (Wildman–Crippen LogP) is 5.25. The highest BCUT2D eigenvalue weighted by Crippen LogP contribution is 2.31. The van der Waals surface area contributed by atoms with E-state index in [2.05, 4.69) is 16.4 Å². The van der Waals surface area contributed by atoms with Gasteiger partial charge in [0.15, 0.2) is 0 Å². The van der Waals surface area contributed by atoms with Crippen molar-refractivity contribution in [3.05, 3.63) is 88.3 Å². The van der Waals surface area contributed by atoms with Crippen molar-refractivity contribution in [1.82, 2.24) is 14.5 Å². The van der Waals surface area contributed by atoms with E-state index >= 15 is 0 Å². The molecule has 0 aliphatic heterocycles. The number of thiazole rings is 1. The molecule has 0 saturated heterocycles. The third kappa shape index (κ3) is 3.56. The Hall–Kier alpha value is -3.84. The quantitative estimate of drug-likeness (QED) is 0.414. The Kier molecular flexibility index (Phi) is 5.03. The molecule has 2 heterocycles. The molecule has 1 amide bonds. The lowest BCUT2D eigenvalue weighted by Gasteiger charge is -2.11. The third-order valence-electron chi connectivity index (χ3n) is 5.35. The van der Waals surface area contributed by atoms with Gasteiger partial charge >= 0.3 is 0 Å². The van der Waals surface area contributed by atoms with Crippen molar-refractivity contribution in [3.63, 3.8) is 0 Å². The Labute approximate surface area is 188 Å². The summed E-state index contributed by atoms with van der Waals surface area (Å²) in [7, 11) is 0. The molecule has 0 aliphatic rings. The Morgan fingerprint density at radius 3 is 2.66 bits per heavy atom. The lowest BCUT2D eigenvalue weighted by atomic mass is 10.1. The van der Waals surface area contributed by atoms with Crippen molar-refractivity contribution in [2.45, 2.75) is 20.4 Å². The van der Waals surface area contributed by atoms with Gasteiger partial charge in [-0.3, -0.25) is 9.59 Å². The summed E-state index contributed by atoms with van der Waals surface area (Å²) < 4.78 is 2.79. The zero-order chi connectivity index (χ0) is 22.2. The van der Waals surface area contributed by atoms with Gasteiger partial charge in [-0.1, -0.05) is 24.3 Å². The molecule has 0 radical (unpaired) electrons. The first-order valence-electron chi connectivity index (χ1n) is 10.3. The van der Waals surface area contributed by atoms with Gasteiger partial charge in [0.2, 0.25) is 0 Å². The van der Waals surface area contributed by atoms with E-state index in [1.54, 1.807) is 41.0 Å². The smallest absolute Gasteiger partial charge is 0.272 e. The first kappa shape index (κ1) is 20.1. The number of anilines is 1. The largest absolute Gasteiger partial charge is 0.322 e. The van der Waals surface area contributed by atoms with E-state index in [0.717, 1.165) is 26.3 Å². The van der Waals surface area contributed by atoms with Crippen molar-refractivity contribution < 1.29 is 4.79 Å². The van der Waals surface area contributed by atoms with Crippen molar-refractivity contribution >= 4 is 44.2 Å². The van der Waals surface area contributed by atoms with E-state index in [0.29, 0.717) is 29.0 Å². The van der Waals surface area contributed by atoms with E-state index in [1.807, 2.05) is 49.4 Å². The fourth-order valence-corrected chi connectivity index (χ4v) is 4.72. The molecule has 0 saturated carbocycles. The number of carbonyl (C=O) groups excluding carboxylic acids is 1. The molecule has 1 N–H and O–H groups in total. The maximum absolute atomic E-state index is 12.9. The van der Waals surface area contributed by atoms with Gasteiger partial charge < -0.3 is 9.88 Å². The molecule has 0 bridgehead atoms. The SMILES string of the molecule is CCn1c(=O)c(C)nc2cc(C(=O)Nc3cccc(-c4nc5ccccc5s4)c3)ccc21. The first-order valence-corrected chi connectivity index (χ1v) is 11.1. The molecule has 7 heteroatoms. The van der Waals surface area contributed by atoms with E-state index in [4.69, 9.17) is 4.98 Å². The first-order chi connectivity index (χ1) is 15.5. The van der Waals surface area contributed by atoms with E-state index in [1.165, 1.54) is 0 Å². The fraction of sp³-hybridized carbons (Fsp3) is 0.120. The maximum atomic E-state index is 12.9. The van der Waals surface area contributed by atoms with Gasteiger partial charge in [-0.05, 0) is 56.3 Å². The zero-order valence-corrected chi connectivity index (χ0v) is 18.4. The Balaban J connectivity index is 1.45. The molecular formula is C25H20N4O2S. The average molecular weight is 441 g/mol. The number of nitrogens with zero attached hydrogens (tertiary/aromatic N) is 3. The zero-order valence-electron chi connectivity index (χ0n) is 17.6. The molecule has 2 aromatic heterocycles. The van der Waals surface area contributed by atoms with Crippen molar-refractivity contribution in [2.75, 3.05) is 5.32 Å². The predicted molar refractivity (Wildman–Crippen MR) is 129 cm³/mol. The van der Waals surface area contributed by atoms with Crippen LogP contribution in [0.5, 0.6) is 0 Å². The minimum atomic E-state index is -0.234. The second-order valence-electron chi connectivity index (χ2n) is 7.47. The van der Waals surface area contributed by atoms with Gasteiger partial charge in [0.1, 0.15) is 10.7 Å². The number of aryl methyl sites for hydroxylation is 2. The summed E-state index contributed by atoms with van der Waals surface area (Å²) in [6.07, 6.45) is 0. The van der Waals surface area contributed by atoms with Crippen LogP contribution >= 0.6 is 11.3 Å². The molecule has 6 nitrogen and oxygen atoms in total. The molecule has 0 fully saturated rings. The monoisotopic (exact) mass is 440 g/mol. The summed E-state index contributed by atoms with van der Waals surface area (Å²) in [5, 5.41) is 3.87. The number of nitrogens with one attached hydrogen (secondary N) is 1. The minimum absolute atomic E-state index is 0.108.